The maximum Gasteiger partial charge on any atom is 0.270 e. The second kappa shape index (κ2) is 6.87. The molecule has 2 rings (SSSR count). The molecule has 1 N–H and O–H groups in total. The molecule has 1 atom stereocenters. The van der Waals surface area contributed by atoms with Crippen molar-refractivity contribution in [2.24, 2.45) is 0 Å². The molecule has 1 amide bonds. The van der Waals surface area contributed by atoms with Gasteiger partial charge in [0.25, 0.3) is 5.91 Å². The second-order valence-electron chi connectivity index (χ2n) is 4.95. The molecule has 0 spiro atoms. The summed E-state index contributed by atoms with van der Waals surface area (Å²) in [7, 11) is 0. The number of benzene rings is 1. The number of amides is 1. The van der Waals surface area contributed by atoms with Gasteiger partial charge in [-0.25, -0.2) is 10.4 Å². The lowest BCUT2D eigenvalue weighted by Gasteiger charge is -2.34. The number of nitrogens with one attached hydrogen (secondary N) is 1. The van der Waals surface area contributed by atoms with E-state index in [1.54, 1.807) is 23.5 Å². The molecule has 1 fully saturated rings. The Hall–Kier alpha value is -0.650. The molecule has 5 heteroatoms. The van der Waals surface area contributed by atoms with Crippen LogP contribution in [0.25, 0.3) is 0 Å². The first-order chi connectivity index (χ1) is 9.66. The SMILES string of the molecule is CCCC1CC(SC)(SC)N(C(=O)c2ccccc2)N1. The van der Waals surface area contributed by atoms with E-state index in [0.717, 1.165) is 24.8 Å². The van der Waals surface area contributed by atoms with E-state index in [1.807, 2.05) is 35.3 Å². The zero-order chi connectivity index (χ0) is 14.6. The van der Waals surface area contributed by atoms with Gasteiger partial charge in [0.05, 0.1) is 0 Å². The molecule has 1 aliphatic heterocycles. The fraction of sp³-hybridized carbons (Fsp3) is 0.533. The Labute approximate surface area is 129 Å². The van der Waals surface area contributed by atoms with Crippen LogP contribution in [0.2, 0.25) is 0 Å². The van der Waals surface area contributed by atoms with E-state index in [2.05, 4.69) is 24.9 Å². The third-order valence-electron chi connectivity index (χ3n) is 3.66. The predicted molar refractivity (Wildman–Crippen MR) is 88.8 cm³/mol. The fourth-order valence-corrected chi connectivity index (χ4v) is 4.64. The second-order valence-corrected chi connectivity index (χ2v) is 7.37. The summed E-state index contributed by atoms with van der Waals surface area (Å²) in [5.74, 6) is 0.0629. The zero-order valence-corrected chi connectivity index (χ0v) is 13.9. The van der Waals surface area contributed by atoms with Crippen molar-refractivity contribution in [1.82, 2.24) is 10.4 Å². The number of carbonyl (C=O) groups is 1. The molecule has 0 radical (unpaired) electrons. The Kier molecular flexibility index (Phi) is 5.41. The number of nitrogens with zero attached hydrogens (tertiary/aromatic N) is 1. The summed E-state index contributed by atoms with van der Waals surface area (Å²) in [6.45, 7) is 2.18. The summed E-state index contributed by atoms with van der Waals surface area (Å²) in [5, 5.41) is 1.85. The van der Waals surface area contributed by atoms with Crippen molar-refractivity contribution >= 4 is 29.4 Å². The molecule has 1 aromatic carbocycles. The fourth-order valence-electron chi connectivity index (χ4n) is 2.60. The molecule has 1 heterocycles. The van der Waals surface area contributed by atoms with Crippen LogP contribution in [-0.2, 0) is 0 Å². The highest BCUT2D eigenvalue weighted by Crippen LogP contribution is 2.45. The molecule has 1 saturated heterocycles. The van der Waals surface area contributed by atoms with Crippen LogP contribution in [-0.4, -0.2) is 33.7 Å². The van der Waals surface area contributed by atoms with E-state index in [4.69, 9.17) is 0 Å². The Bertz CT molecular complexity index is 448. The van der Waals surface area contributed by atoms with Crippen molar-refractivity contribution in [3.05, 3.63) is 35.9 Å². The lowest BCUT2D eigenvalue weighted by molar-refractivity contribution is 0.0674. The van der Waals surface area contributed by atoms with E-state index in [9.17, 15) is 4.79 Å². The Balaban J connectivity index is 2.25. The summed E-state index contributed by atoms with van der Waals surface area (Å²) in [6.07, 6.45) is 7.38. The monoisotopic (exact) mass is 310 g/mol. The maximum atomic E-state index is 12.8. The van der Waals surface area contributed by atoms with Gasteiger partial charge in [0.15, 0.2) is 4.20 Å². The van der Waals surface area contributed by atoms with Crippen LogP contribution in [0, 0.1) is 0 Å². The third-order valence-corrected chi connectivity index (χ3v) is 6.63. The van der Waals surface area contributed by atoms with Gasteiger partial charge in [0, 0.05) is 18.0 Å². The smallest absolute Gasteiger partial charge is 0.268 e. The highest BCUT2D eigenvalue weighted by molar-refractivity contribution is 8.17. The Morgan fingerprint density at radius 1 is 1.35 bits per heavy atom. The van der Waals surface area contributed by atoms with Crippen molar-refractivity contribution in [3.63, 3.8) is 0 Å². The molecule has 1 aliphatic rings. The van der Waals surface area contributed by atoms with Crippen molar-refractivity contribution in [2.45, 2.75) is 36.4 Å². The summed E-state index contributed by atoms with van der Waals surface area (Å²) < 4.78 is -0.202. The molecule has 20 heavy (non-hydrogen) atoms. The molecule has 0 aromatic heterocycles. The lowest BCUT2D eigenvalue weighted by Crippen LogP contribution is -2.48. The van der Waals surface area contributed by atoms with Crippen molar-refractivity contribution in [2.75, 3.05) is 12.5 Å². The van der Waals surface area contributed by atoms with Gasteiger partial charge in [0.2, 0.25) is 0 Å². The van der Waals surface area contributed by atoms with E-state index < -0.39 is 0 Å². The molecule has 3 nitrogen and oxygen atoms in total. The molecule has 1 unspecified atom stereocenters. The predicted octanol–water partition coefficient (Wildman–Crippen LogP) is 3.59. The van der Waals surface area contributed by atoms with Crippen LogP contribution in [0.3, 0.4) is 0 Å². The molecular weight excluding hydrogens is 288 g/mol. The summed E-state index contributed by atoms with van der Waals surface area (Å²) in [6, 6.07) is 9.89. The molecule has 0 aliphatic carbocycles. The summed E-state index contributed by atoms with van der Waals surface area (Å²) in [4.78, 5) is 12.8. The quantitative estimate of drug-likeness (QED) is 0.843. The minimum absolute atomic E-state index is 0.0629. The van der Waals surface area contributed by atoms with Gasteiger partial charge >= 0.3 is 0 Å². The van der Waals surface area contributed by atoms with Gasteiger partial charge in [-0.05, 0) is 31.1 Å². The van der Waals surface area contributed by atoms with E-state index in [1.165, 1.54) is 0 Å². The van der Waals surface area contributed by atoms with Gasteiger partial charge in [-0.3, -0.25) is 4.79 Å². The average molecular weight is 310 g/mol. The minimum Gasteiger partial charge on any atom is -0.268 e. The number of hydrogen-bond acceptors (Lipinski definition) is 4. The van der Waals surface area contributed by atoms with Gasteiger partial charge in [-0.1, -0.05) is 31.5 Å². The largest absolute Gasteiger partial charge is 0.270 e. The standard InChI is InChI=1S/C15H22N2OS2/c1-4-8-13-11-15(19-2,20-3)17(16-13)14(18)12-9-6-5-7-10-12/h5-7,9-10,13,16H,4,8,11H2,1-3H3. The van der Waals surface area contributed by atoms with Crippen LogP contribution in [0.1, 0.15) is 36.5 Å². The maximum absolute atomic E-state index is 12.8. The highest BCUT2D eigenvalue weighted by atomic mass is 32.2. The van der Waals surface area contributed by atoms with E-state index in [0.29, 0.717) is 6.04 Å². The molecule has 1 aromatic rings. The van der Waals surface area contributed by atoms with Gasteiger partial charge in [-0.15, -0.1) is 23.5 Å². The summed E-state index contributed by atoms with van der Waals surface area (Å²) >= 11 is 3.49. The van der Waals surface area contributed by atoms with E-state index in [-0.39, 0.29) is 10.1 Å². The first-order valence-electron chi connectivity index (χ1n) is 6.93. The molecular formula is C15H22N2OS2. The Morgan fingerprint density at radius 3 is 2.55 bits per heavy atom. The number of rotatable bonds is 5. The Morgan fingerprint density at radius 2 is 2.00 bits per heavy atom. The van der Waals surface area contributed by atoms with Gasteiger partial charge < -0.3 is 0 Å². The van der Waals surface area contributed by atoms with Gasteiger partial charge in [0.1, 0.15) is 0 Å². The topological polar surface area (TPSA) is 32.3 Å². The van der Waals surface area contributed by atoms with Crippen LogP contribution in [0.5, 0.6) is 0 Å². The van der Waals surface area contributed by atoms with Crippen LogP contribution in [0.15, 0.2) is 30.3 Å². The lowest BCUT2D eigenvalue weighted by atomic mass is 10.1. The summed E-state index contributed by atoms with van der Waals surface area (Å²) in [5.41, 5.74) is 4.17. The zero-order valence-electron chi connectivity index (χ0n) is 12.3. The van der Waals surface area contributed by atoms with Crippen molar-refractivity contribution < 1.29 is 4.79 Å². The van der Waals surface area contributed by atoms with Crippen LogP contribution in [0.4, 0.5) is 0 Å². The van der Waals surface area contributed by atoms with Crippen molar-refractivity contribution in [3.8, 4) is 0 Å². The highest BCUT2D eigenvalue weighted by Gasteiger charge is 2.47. The number of thioether (sulfide) groups is 2. The van der Waals surface area contributed by atoms with Crippen LogP contribution < -0.4 is 5.43 Å². The van der Waals surface area contributed by atoms with Crippen molar-refractivity contribution in [1.29, 1.82) is 0 Å². The number of hydrazine groups is 1. The third kappa shape index (κ3) is 3.00. The molecule has 0 saturated carbocycles. The first kappa shape index (κ1) is 15.7. The normalized spacial score (nSPS) is 21.1. The molecule has 110 valence electrons. The number of hydrogen-bond donors (Lipinski definition) is 1. The average Bonchev–Trinajstić information content (AvgIpc) is 2.87. The minimum atomic E-state index is -0.202. The first-order valence-corrected chi connectivity index (χ1v) is 9.38. The van der Waals surface area contributed by atoms with Gasteiger partial charge in [-0.2, -0.15) is 0 Å². The van der Waals surface area contributed by atoms with Crippen LogP contribution >= 0.6 is 23.5 Å². The number of carbonyl (C=O) groups excluding carboxylic acids is 1. The molecule has 0 bridgehead atoms. The van der Waals surface area contributed by atoms with E-state index >= 15 is 0 Å².